The second-order valence-electron chi connectivity index (χ2n) is 5.10. The molecule has 0 saturated carbocycles. The Hall–Kier alpha value is -3.48. The van der Waals surface area contributed by atoms with E-state index in [1.807, 2.05) is 18.2 Å². The Morgan fingerprint density at radius 2 is 1.71 bits per heavy atom. The molecule has 7 heteroatoms. The molecule has 0 aliphatic carbocycles. The van der Waals surface area contributed by atoms with Crippen molar-refractivity contribution in [2.45, 2.75) is 6.92 Å². The standard InChI is InChI=1S/C17H14N4O3/c1-11-15(16(22)21(20-11)14-5-3-2-4-6-14)19-18-13-9-7-12(8-10-13)17(23)24/h2-10,20H,1H3,(H,23,24)/p-1. The number of carbonyl (C=O) groups excluding carboxylic acids is 1. The van der Waals surface area contributed by atoms with Crippen molar-refractivity contribution in [3.8, 4) is 5.69 Å². The van der Waals surface area contributed by atoms with Crippen molar-refractivity contribution < 1.29 is 9.90 Å². The maximum Gasteiger partial charge on any atom is 0.299 e. The first-order valence-electron chi connectivity index (χ1n) is 7.16. The number of H-pyrrole nitrogens is 1. The molecule has 0 unspecified atom stereocenters. The van der Waals surface area contributed by atoms with E-state index in [0.717, 1.165) is 0 Å². The maximum atomic E-state index is 12.4. The van der Waals surface area contributed by atoms with E-state index < -0.39 is 5.97 Å². The number of para-hydroxylation sites is 1. The summed E-state index contributed by atoms with van der Waals surface area (Å²) in [5, 5.41) is 21.6. The zero-order valence-corrected chi connectivity index (χ0v) is 12.8. The summed E-state index contributed by atoms with van der Waals surface area (Å²) in [5.41, 5.74) is 1.66. The first-order chi connectivity index (χ1) is 11.6. The molecule has 0 radical (unpaired) electrons. The fourth-order valence-corrected chi connectivity index (χ4v) is 2.19. The van der Waals surface area contributed by atoms with Gasteiger partial charge in [0.15, 0.2) is 5.69 Å². The molecule has 3 aromatic rings. The molecule has 3 rings (SSSR count). The molecule has 0 aliphatic heterocycles. The molecule has 0 amide bonds. The Balaban J connectivity index is 1.92. The predicted octanol–water partition coefficient (Wildman–Crippen LogP) is 2.25. The minimum Gasteiger partial charge on any atom is -0.545 e. The van der Waals surface area contributed by atoms with Crippen LogP contribution in [0, 0.1) is 6.92 Å². The Labute approximate surface area is 136 Å². The summed E-state index contributed by atoms with van der Waals surface area (Å²) in [5.74, 6) is -1.26. The SMILES string of the molecule is Cc1[nH]n(-c2ccccc2)c(=O)c1N=Nc1ccc(C(=O)[O-])cc1. The van der Waals surface area contributed by atoms with Gasteiger partial charge in [0.1, 0.15) is 0 Å². The highest BCUT2D eigenvalue weighted by atomic mass is 16.4. The lowest BCUT2D eigenvalue weighted by Gasteiger charge is -2.00. The van der Waals surface area contributed by atoms with Crippen molar-refractivity contribution in [3.63, 3.8) is 0 Å². The van der Waals surface area contributed by atoms with Crippen LogP contribution in [0.1, 0.15) is 16.1 Å². The third kappa shape index (κ3) is 3.00. The van der Waals surface area contributed by atoms with Crippen LogP contribution >= 0.6 is 0 Å². The van der Waals surface area contributed by atoms with Crippen LogP contribution in [0.3, 0.4) is 0 Å². The predicted molar refractivity (Wildman–Crippen MR) is 86.1 cm³/mol. The average Bonchev–Trinajstić information content (AvgIpc) is 2.88. The number of aromatic carboxylic acids is 1. The van der Waals surface area contributed by atoms with Gasteiger partial charge in [-0.2, -0.15) is 5.11 Å². The number of aryl methyl sites for hydroxylation is 1. The van der Waals surface area contributed by atoms with Crippen molar-refractivity contribution in [2.24, 2.45) is 10.2 Å². The summed E-state index contributed by atoms with van der Waals surface area (Å²) in [6.45, 7) is 1.73. The van der Waals surface area contributed by atoms with E-state index in [1.54, 1.807) is 19.1 Å². The van der Waals surface area contributed by atoms with Gasteiger partial charge < -0.3 is 9.90 Å². The molecule has 1 N–H and O–H groups in total. The third-order valence-electron chi connectivity index (χ3n) is 3.42. The first kappa shape index (κ1) is 15.4. The minimum atomic E-state index is -1.26. The number of azo groups is 1. The largest absolute Gasteiger partial charge is 0.545 e. The second-order valence-corrected chi connectivity index (χ2v) is 5.10. The Bertz CT molecular complexity index is 954. The molecule has 2 aromatic carbocycles. The molecular weight excluding hydrogens is 308 g/mol. The number of hydrogen-bond acceptors (Lipinski definition) is 5. The van der Waals surface area contributed by atoms with Crippen LogP contribution in [-0.4, -0.2) is 15.7 Å². The molecule has 1 aromatic heterocycles. The van der Waals surface area contributed by atoms with E-state index in [4.69, 9.17) is 0 Å². The van der Waals surface area contributed by atoms with E-state index >= 15 is 0 Å². The van der Waals surface area contributed by atoms with Crippen molar-refractivity contribution in [1.29, 1.82) is 0 Å². The highest BCUT2D eigenvalue weighted by Gasteiger charge is 2.11. The monoisotopic (exact) mass is 321 g/mol. The number of carbonyl (C=O) groups is 1. The summed E-state index contributed by atoms with van der Waals surface area (Å²) in [6, 6.07) is 14.9. The number of aromatic amines is 1. The summed E-state index contributed by atoms with van der Waals surface area (Å²) in [6.07, 6.45) is 0. The Morgan fingerprint density at radius 3 is 2.33 bits per heavy atom. The van der Waals surface area contributed by atoms with Gasteiger partial charge >= 0.3 is 0 Å². The molecular formula is C17H13N4O3-. The lowest BCUT2D eigenvalue weighted by atomic mass is 10.2. The summed E-state index contributed by atoms with van der Waals surface area (Å²) >= 11 is 0. The van der Waals surface area contributed by atoms with Crippen LogP contribution in [0.15, 0.2) is 69.6 Å². The van der Waals surface area contributed by atoms with Crippen LogP contribution in [0.25, 0.3) is 5.69 Å². The van der Waals surface area contributed by atoms with Gasteiger partial charge in [0.25, 0.3) is 5.56 Å². The molecule has 1 heterocycles. The number of rotatable bonds is 4. The smallest absolute Gasteiger partial charge is 0.299 e. The lowest BCUT2D eigenvalue weighted by molar-refractivity contribution is -0.255. The van der Waals surface area contributed by atoms with E-state index in [0.29, 0.717) is 17.1 Å². The van der Waals surface area contributed by atoms with E-state index in [9.17, 15) is 14.7 Å². The number of carboxylic acid groups (broad SMARTS) is 1. The molecule has 0 spiro atoms. The van der Waals surface area contributed by atoms with Gasteiger partial charge in [-0.05, 0) is 36.8 Å². The lowest BCUT2D eigenvalue weighted by Crippen LogP contribution is -2.21. The van der Waals surface area contributed by atoms with Crippen LogP contribution in [0.4, 0.5) is 11.4 Å². The van der Waals surface area contributed by atoms with E-state index in [-0.39, 0.29) is 16.8 Å². The van der Waals surface area contributed by atoms with Gasteiger partial charge in [-0.1, -0.05) is 30.3 Å². The number of benzene rings is 2. The molecule has 24 heavy (non-hydrogen) atoms. The van der Waals surface area contributed by atoms with Crippen molar-refractivity contribution >= 4 is 17.3 Å². The fourth-order valence-electron chi connectivity index (χ4n) is 2.19. The van der Waals surface area contributed by atoms with Gasteiger partial charge in [0, 0.05) is 0 Å². The highest BCUT2D eigenvalue weighted by molar-refractivity contribution is 5.86. The van der Waals surface area contributed by atoms with Gasteiger partial charge in [-0.25, -0.2) is 4.68 Å². The zero-order valence-electron chi connectivity index (χ0n) is 12.8. The molecule has 0 fully saturated rings. The van der Waals surface area contributed by atoms with E-state index in [2.05, 4.69) is 15.3 Å². The summed E-state index contributed by atoms with van der Waals surface area (Å²) in [7, 11) is 0. The quantitative estimate of drug-likeness (QED) is 0.745. The Morgan fingerprint density at radius 1 is 1.04 bits per heavy atom. The average molecular weight is 321 g/mol. The normalized spacial score (nSPS) is 11.0. The molecule has 0 bridgehead atoms. The number of nitrogens with zero attached hydrogens (tertiary/aromatic N) is 3. The van der Waals surface area contributed by atoms with Crippen LogP contribution in [-0.2, 0) is 0 Å². The van der Waals surface area contributed by atoms with Crippen LogP contribution < -0.4 is 10.7 Å². The molecule has 0 atom stereocenters. The number of hydrogen-bond donors (Lipinski definition) is 1. The number of aromatic nitrogens is 2. The van der Waals surface area contributed by atoms with Gasteiger partial charge in [0.2, 0.25) is 0 Å². The molecule has 0 saturated heterocycles. The van der Waals surface area contributed by atoms with Gasteiger partial charge in [-0.15, -0.1) is 5.11 Å². The first-order valence-corrected chi connectivity index (χ1v) is 7.16. The molecule has 0 aliphatic rings. The topological polar surface area (TPSA) is 103 Å². The van der Waals surface area contributed by atoms with Gasteiger partial charge in [0.05, 0.1) is 23.0 Å². The number of carboxylic acids is 1. The Kier molecular flexibility index (Phi) is 4.07. The van der Waals surface area contributed by atoms with E-state index in [1.165, 1.54) is 28.9 Å². The summed E-state index contributed by atoms with van der Waals surface area (Å²) < 4.78 is 1.39. The zero-order chi connectivity index (χ0) is 17.1. The minimum absolute atomic E-state index is 0.0539. The second kappa shape index (κ2) is 6.33. The highest BCUT2D eigenvalue weighted by Crippen LogP contribution is 2.19. The van der Waals surface area contributed by atoms with Crippen molar-refractivity contribution in [1.82, 2.24) is 9.78 Å². The maximum absolute atomic E-state index is 12.4. The van der Waals surface area contributed by atoms with Crippen LogP contribution in [0.5, 0.6) is 0 Å². The van der Waals surface area contributed by atoms with Crippen molar-refractivity contribution in [3.05, 3.63) is 76.2 Å². The van der Waals surface area contributed by atoms with Crippen LogP contribution in [0.2, 0.25) is 0 Å². The third-order valence-corrected chi connectivity index (χ3v) is 3.42. The van der Waals surface area contributed by atoms with Gasteiger partial charge in [-0.3, -0.25) is 9.89 Å². The fraction of sp³-hybridized carbons (Fsp3) is 0.0588. The summed E-state index contributed by atoms with van der Waals surface area (Å²) in [4.78, 5) is 23.2. The molecule has 120 valence electrons. The number of nitrogens with one attached hydrogen (secondary N) is 1. The van der Waals surface area contributed by atoms with Crippen molar-refractivity contribution in [2.75, 3.05) is 0 Å². The molecule has 7 nitrogen and oxygen atoms in total.